The van der Waals surface area contributed by atoms with Gasteiger partial charge >= 0.3 is 0 Å². The highest BCUT2D eigenvalue weighted by atomic mass is 32.2. The molecule has 24 heavy (non-hydrogen) atoms. The molecule has 3 aromatic rings. The van der Waals surface area contributed by atoms with E-state index < -0.39 is 0 Å². The van der Waals surface area contributed by atoms with E-state index >= 15 is 0 Å². The van der Waals surface area contributed by atoms with Crippen LogP contribution in [0.3, 0.4) is 0 Å². The number of rotatable bonds is 6. The van der Waals surface area contributed by atoms with Crippen LogP contribution >= 0.6 is 11.8 Å². The number of nitrogens with zero attached hydrogens (tertiary/aromatic N) is 3. The van der Waals surface area contributed by atoms with E-state index in [0.29, 0.717) is 11.8 Å². The lowest BCUT2D eigenvalue weighted by Crippen LogP contribution is -2.28. The first-order chi connectivity index (χ1) is 11.7. The van der Waals surface area contributed by atoms with Gasteiger partial charge in [0.1, 0.15) is 17.7 Å². The lowest BCUT2D eigenvalue weighted by atomic mass is 10.2. The maximum Gasteiger partial charge on any atom is 0.231 e. The Labute approximate surface area is 143 Å². The van der Waals surface area contributed by atoms with Gasteiger partial charge in [-0.05, 0) is 31.9 Å². The second-order valence-corrected chi connectivity index (χ2v) is 6.96. The molecule has 0 saturated heterocycles. The van der Waals surface area contributed by atoms with Crippen LogP contribution in [0.5, 0.6) is 0 Å². The first-order valence-corrected chi connectivity index (χ1v) is 8.99. The smallest absolute Gasteiger partial charge is 0.231 e. The second kappa shape index (κ2) is 6.32. The third kappa shape index (κ3) is 3.17. The Morgan fingerprint density at radius 2 is 2.29 bits per heavy atom. The van der Waals surface area contributed by atoms with E-state index in [1.54, 1.807) is 6.33 Å². The fourth-order valence-corrected chi connectivity index (χ4v) is 3.43. The standard InChI is InChI=1S/C17H18N4O2S/c1-11(15-8-12-4-2-3-5-14(12)23-15)19-16(22)9-24-17-20-18-10-21(17)13-6-7-13/h2-5,8,10-11,13H,6-7,9H2,1H3,(H,19,22)/t11-/m0/s1. The van der Waals surface area contributed by atoms with Crippen molar-refractivity contribution in [2.24, 2.45) is 0 Å². The Bertz CT molecular complexity index is 835. The third-order valence-corrected chi connectivity index (χ3v) is 5.02. The van der Waals surface area contributed by atoms with E-state index in [1.165, 1.54) is 24.6 Å². The fraction of sp³-hybridized carbons (Fsp3) is 0.353. The van der Waals surface area contributed by atoms with Gasteiger partial charge in [-0.1, -0.05) is 30.0 Å². The molecular formula is C17H18N4O2S. The molecule has 1 saturated carbocycles. The topological polar surface area (TPSA) is 73.0 Å². The van der Waals surface area contributed by atoms with E-state index in [2.05, 4.69) is 20.1 Å². The summed E-state index contributed by atoms with van der Waals surface area (Å²) in [5, 5.41) is 12.9. The highest BCUT2D eigenvalue weighted by Crippen LogP contribution is 2.37. The summed E-state index contributed by atoms with van der Waals surface area (Å²) in [6.45, 7) is 1.92. The van der Waals surface area contributed by atoms with Gasteiger partial charge in [-0.3, -0.25) is 4.79 Å². The SMILES string of the molecule is C[C@H](NC(=O)CSc1nncn1C1CC1)c1cc2ccccc2o1. The van der Waals surface area contributed by atoms with Crippen molar-refractivity contribution in [2.45, 2.75) is 37.0 Å². The van der Waals surface area contributed by atoms with Crippen molar-refractivity contribution in [2.75, 3.05) is 5.75 Å². The highest BCUT2D eigenvalue weighted by Gasteiger charge is 2.26. The normalized spacial score (nSPS) is 15.5. The number of furan rings is 1. The molecule has 1 N–H and O–H groups in total. The fourth-order valence-electron chi connectivity index (χ4n) is 2.64. The molecule has 1 atom stereocenters. The Morgan fingerprint density at radius 3 is 3.08 bits per heavy atom. The van der Waals surface area contributed by atoms with Crippen LogP contribution in [-0.4, -0.2) is 26.4 Å². The van der Waals surface area contributed by atoms with Gasteiger partial charge < -0.3 is 14.3 Å². The number of hydrogen-bond acceptors (Lipinski definition) is 5. The van der Waals surface area contributed by atoms with Crippen molar-refractivity contribution in [1.82, 2.24) is 20.1 Å². The lowest BCUT2D eigenvalue weighted by Gasteiger charge is -2.11. The number of carbonyl (C=O) groups is 1. The van der Waals surface area contributed by atoms with E-state index in [1.807, 2.05) is 37.3 Å². The molecule has 0 radical (unpaired) electrons. The molecule has 4 rings (SSSR count). The zero-order valence-electron chi connectivity index (χ0n) is 13.3. The monoisotopic (exact) mass is 342 g/mol. The van der Waals surface area contributed by atoms with Gasteiger partial charge in [-0.2, -0.15) is 0 Å². The molecule has 1 aliphatic rings. The second-order valence-electron chi connectivity index (χ2n) is 6.02. The van der Waals surface area contributed by atoms with Crippen LogP contribution in [0.4, 0.5) is 0 Å². The number of carbonyl (C=O) groups excluding carboxylic acids is 1. The molecule has 1 aliphatic carbocycles. The molecule has 1 aromatic carbocycles. The van der Waals surface area contributed by atoms with Crippen LogP contribution in [0.1, 0.15) is 37.6 Å². The van der Waals surface area contributed by atoms with E-state index in [4.69, 9.17) is 4.42 Å². The van der Waals surface area contributed by atoms with Gasteiger partial charge in [0.05, 0.1) is 11.8 Å². The van der Waals surface area contributed by atoms with Crippen LogP contribution in [0.25, 0.3) is 11.0 Å². The quantitative estimate of drug-likeness (QED) is 0.696. The molecule has 0 unspecified atom stereocenters. The van der Waals surface area contributed by atoms with Gasteiger partial charge in [0.15, 0.2) is 5.16 Å². The van der Waals surface area contributed by atoms with Crippen molar-refractivity contribution in [3.05, 3.63) is 42.4 Å². The van der Waals surface area contributed by atoms with Crippen LogP contribution in [0, 0.1) is 0 Å². The molecule has 124 valence electrons. The first-order valence-electron chi connectivity index (χ1n) is 8.01. The largest absolute Gasteiger partial charge is 0.459 e. The maximum absolute atomic E-state index is 12.2. The van der Waals surface area contributed by atoms with Crippen LogP contribution < -0.4 is 5.32 Å². The molecular weight excluding hydrogens is 324 g/mol. The van der Waals surface area contributed by atoms with Crippen molar-refractivity contribution >= 4 is 28.6 Å². The van der Waals surface area contributed by atoms with Crippen molar-refractivity contribution < 1.29 is 9.21 Å². The average molecular weight is 342 g/mol. The zero-order chi connectivity index (χ0) is 16.5. The summed E-state index contributed by atoms with van der Waals surface area (Å²) in [5.74, 6) is 1.03. The molecule has 7 heteroatoms. The van der Waals surface area contributed by atoms with E-state index in [-0.39, 0.29) is 11.9 Å². The molecule has 2 aromatic heterocycles. The number of para-hydroxylation sites is 1. The van der Waals surface area contributed by atoms with Gasteiger partial charge in [0, 0.05) is 11.4 Å². The molecule has 6 nitrogen and oxygen atoms in total. The predicted octanol–water partition coefficient (Wildman–Crippen LogP) is 3.33. The van der Waals surface area contributed by atoms with E-state index in [0.717, 1.165) is 21.9 Å². The highest BCUT2D eigenvalue weighted by molar-refractivity contribution is 7.99. The van der Waals surface area contributed by atoms with Gasteiger partial charge in [0.25, 0.3) is 0 Å². The Morgan fingerprint density at radius 1 is 1.46 bits per heavy atom. The average Bonchev–Trinajstić information content (AvgIpc) is 3.16. The van der Waals surface area contributed by atoms with Crippen LogP contribution in [0.2, 0.25) is 0 Å². The molecule has 2 heterocycles. The summed E-state index contributed by atoms with van der Waals surface area (Å²) in [6.07, 6.45) is 4.08. The summed E-state index contributed by atoms with van der Waals surface area (Å²) in [6, 6.07) is 10.1. The van der Waals surface area contributed by atoms with Crippen molar-refractivity contribution in [3.63, 3.8) is 0 Å². The van der Waals surface area contributed by atoms with Crippen LogP contribution in [0.15, 0.2) is 46.2 Å². The first kappa shape index (κ1) is 15.3. The van der Waals surface area contributed by atoms with E-state index in [9.17, 15) is 4.79 Å². The lowest BCUT2D eigenvalue weighted by molar-refractivity contribution is -0.119. The zero-order valence-corrected chi connectivity index (χ0v) is 14.1. The Hall–Kier alpha value is -2.28. The summed E-state index contributed by atoms with van der Waals surface area (Å²) in [7, 11) is 0. The summed E-state index contributed by atoms with van der Waals surface area (Å²) in [5.41, 5.74) is 0.834. The molecule has 0 spiro atoms. The summed E-state index contributed by atoms with van der Waals surface area (Å²) >= 11 is 1.42. The Balaban J connectivity index is 1.35. The molecule has 0 aliphatic heterocycles. The van der Waals surface area contributed by atoms with Gasteiger partial charge in [-0.15, -0.1) is 10.2 Å². The maximum atomic E-state index is 12.2. The summed E-state index contributed by atoms with van der Waals surface area (Å²) < 4.78 is 7.85. The number of thioether (sulfide) groups is 1. The minimum absolute atomic E-state index is 0.0432. The molecule has 1 amide bonds. The molecule has 1 fully saturated rings. The third-order valence-electron chi connectivity index (χ3n) is 4.06. The van der Waals surface area contributed by atoms with Gasteiger partial charge in [-0.25, -0.2) is 0 Å². The number of benzene rings is 1. The number of amides is 1. The number of aromatic nitrogens is 3. The minimum Gasteiger partial charge on any atom is -0.459 e. The molecule has 0 bridgehead atoms. The summed E-state index contributed by atoms with van der Waals surface area (Å²) in [4.78, 5) is 12.2. The Kier molecular flexibility index (Phi) is 4.02. The van der Waals surface area contributed by atoms with Crippen molar-refractivity contribution in [3.8, 4) is 0 Å². The number of fused-ring (bicyclic) bond motifs is 1. The predicted molar refractivity (Wildman–Crippen MR) is 91.8 cm³/mol. The van der Waals surface area contributed by atoms with Gasteiger partial charge in [0.2, 0.25) is 5.91 Å². The van der Waals surface area contributed by atoms with Crippen LogP contribution in [-0.2, 0) is 4.79 Å². The van der Waals surface area contributed by atoms with Crippen molar-refractivity contribution in [1.29, 1.82) is 0 Å². The number of nitrogens with one attached hydrogen (secondary N) is 1. The number of hydrogen-bond donors (Lipinski definition) is 1. The minimum atomic E-state index is -0.174.